The molecule has 0 aliphatic carbocycles. The number of benzene rings is 1. The molecule has 0 bridgehead atoms. The third kappa shape index (κ3) is 5.05. The third-order valence-electron chi connectivity index (χ3n) is 2.10. The van der Waals surface area contributed by atoms with Gasteiger partial charge in [-0.1, -0.05) is 30.3 Å². The van der Waals surface area contributed by atoms with E-state index in [1.165, 1.54) is 0 Å². The van der Waals surface area contributed by atoms with Gasteiger partial charge in [-0.05, 0) is 5.56 Å². The number of hydrogen-bond acceptors (Lipinski definition) is 3. The maximum atomic E-state index is 12.0. The number of alkyl halides is 3. The van der Waals surface area contributed by atoms with Crippen LogP contribution in [-0.4, -0.2) is 24.9 Å². The van der Waals surface area contributed by atoms with E-state index in [0.29, 0.717) is 0 Å². The van der Waals surface area contributed by atoms with Crippen LogP contribution in [0.15, 0.2) is 30.3 Å². The number of amides is 1. The lowest BCUT2D eigenvalue weighted by molar-refractivity contribution is -0.146. The summed E-state index contributed by atoms with van der Waals surface area (Å²) in [6, 6.07) is 6.68. The van der Waals surface area contributed by atoms with Crippen LogP contribution in [-0.2, 0) is 11.3 Å². The van der Waals surface area contributed by atoms with Crippen molar-refractivity contribution in [2.45, 2.75) is 18.8 Å². The minimum Gasteiger partial charge on any atom is -0.445 e. The second-order valence-corrected chi connectivity index (χ2v) is 3.59. The highest BCUT2D eigenvalue weighted by molar-refractivity contribution is 5.67. The smallest absolute Gasteiger partial charge is 0.407 e. The SMILES string of the molecule is N[C@@H](CNC(=O)OCc1ccccc1)C(F)(F)F. The van der Waals surface area contributed by atoms with Crippen LogP contribution >= 0.6 is 0 Å². The van der Waals surface area contributed by atoms with Gasteiger partial charge in [0, 0.05) is 6.54 Å². The quantitative estimate of drug-likeness (QED) is 0.869. The predicted molar refractivity (Wildman–Crippen MR) is 58.7 cm³/mol. The zero-order valence-electron chi connectivity index (χ0n) is 9.41. The van der Waals surface area contributed by atoms with Crippen molar-refractivity contribution in [1.29, 1.82) is 0 Å². The molecular weight excluding hydrogens is 249 g/mol. The molecule has 7 heteroatoms. The summed E-state index contributed by atoms with van der Waals surface area (Å²) in [5, 5.41) is 1.95. The largest absolute Gasteiger partial charge is 0.445 e. The standard InChI is InChI=1S/C11H13F3N2O2/c12-11(13,14)9(15)6-16-10(17)18-7-8-4-2-1-3-5-8/h1-5,9H,6-7,15H2,(H,16,17)/t9-/m0/s1. The first-order chi connectivity index (χ1) is 8.39. The maximum Gasteiger partial charge on any atom is 0.407 e. The van der Waals surface area contributed by atoms with Crippen molar-refractivity contribution in [2.75, 3.05) is 6.54 Å². The molecule has 0 aromatic heterocycles. The Morgan fingerprint density at radius 1 is 1.33 bits per heavy atom. The molecule has 3 N–H and O–H groups in total. The van der Waals surface area contributed by atoms with E-state index < -0.39 is 24.9 Å². The Morgan fingerprint density at radius 2 is 1.94 bits per heavy atom. The molecule has 1 aromatic rings. The van der Waals surface area contributed by atoms with Gasteiger partial charge in [0.1, 0.15) is 12.6 Å². The lowest BCUT2D eigenvalue weighted by Crippen LogP contribution is -2.46. The maximum absolute atomic E-state index is 12.0. The van der Waals surface area contributed by atoms with Crippen LogP contribution in [0.3, 0.4) is 0 Å². The van der Waals surface area contributed by atoms with Crippen LogP contribution in [0.2, 0.25) is 0 Å². The molecule has 1 amide bonds. The Morgan fingerprint density at radius 3 is 2.50 bits per heavy atom. The highest BCUT2D eigenvalue weighted by Gasteiger charge is 2.36. The zero-order valence-corrected chi connectivity index (χ0v) is 9.41. The van der Waals surface area contributed by atoms with Crippen LogP contribution in [0.1, 0.15) is 5.56 Å². The molecule has 18 heavy (non-hydrogen) atoms. The first-order valence-electron chi connectivity index (χ1n) is 5.16. The van der Waals surface area contributed by atoms with Gasteiger partial charge in [0.25, 0.3) is 0 Å². The van der Waals surface area contributed by atoms with Gasteiger partial charge in [0.2, 0.25) is 0 Å². The number of carbonyl (C=O) groups is 1. The number of halogens is 3. The van der Waals surface area contributed by atoms with E-state index in [0.717, 1.165) is 5.56 Å². The van der Waals surface area contributed by atoms with E-state index >= 15 is 0 Å². The fourth-order valence-electron chi connectivity index (χ4n) is 1.08. The lowest BCUT2D eigenvalue weighted by atomic mass is 10.2. The minimum atomic E-state index is -4.54. The molecule has 1 atom stereocenters. The summed E-state index contributed by atoms with van der Waals surface area (Å²) in [4.78, 5) is 11.1. The van der Waals surface area contributed by atoms with Gasteiger partial charge in [-0.25, -0.2) is 4.79 Å². The van der Waals surface area contributed by atoms with E-state index in [4.69, 9.17) is 10.5 Å². The van der Waals surface area contributed by atoms with Crippen LogP contribution in [0.25, 0.3) is 0 Å². The Balaban J connectivity index is 2.27. The van der Waals surface area contributed by atoms with Crippen molar-refractivity contribution in [3.8, 4) is 0 Å². The molecule has 0 aliphatic heterocycles. The van der Waals surface area contributed by atoms with E-state index in [1.54, 1.807) is 30.3 Å². The molecule has 0 radical (unpaired) electrons. The summed E-state index contributed by atoms with van der Waals surface area (Å²) >= 11 is 0. The van der Waals surface area contributed by atoms with Crippen LogP contribution in [0.5, 0.6) is 0 Å². The Kier molecular flexibility index (Phi) is 4.96. The molecule has 0 saturated heterocycles. The highest BCUT2D eigenvalue weighted by Crippen LogP contribution is 2.17. The Hall–Kier alpha value is -1.76. The van der Waals surface area contributed by atoms with Crippen molar-refractivity contribution in [1.82, 2.24) is 5.32 Å². The molecule has 0 unspecified atom stereocenters. The molecular formula is C11H13F3N2O2. The molecule has 0 saturated carbocycles. The second kappa shape index (κ2) is 6.25. The number of hydrogen-bond donors (Lipinski definition) is 2. The van der Waals surface area contributed by atoms with Crippen LogP contribution < -0.4 is 11.1 Å². The van der Waals surface area contributed by atoms with Crippen molar-refractivity contribution < 1.29 is 22.7 Å². The monoisotopic (exact) mass is 262 g/mol. The van der Waals surface area contributed by atoms with Gasteiger partial charge in [-0.15, -0.1) is 0 Å². The molecule has 1 aromatic carbocycles. The fraction of sp³-hybridized carbons (Fsp3) is 0.364. The Labute approximate surface area is 102 Å². The molecule has 0 aliphatic rings. The first-order valence-corrected chi connectivity index (χ1v) is 5.16. The number of alkyl carbamates (subject to hydrolysis) is 1. The first kappa shape index (κ1) is 14.3. The molecule has 0 spiro atoms. The molecule has 0 heterocycles. The van der Waals surface area contributed by atoms with E-state index in [-0.39, 0.29) is 6.61 Å². The summed E-state index contributed by atoms with van der Waals surface area (Å²) in [5.74, 6) is 0. The van der Waals surface area contributed by atoms with Gasteiger partial charge in [-0.3, -0.25) is 0 Å². The van der Waals surface area contributed by atoms with Gasteiger partial charge in [0.05, 0.1) is 0 Å². The van der Waals surface area contributed by atoms with E-state index in [2.05, 4.69) is 0 Å². The van der Waals surface area contributed by atoms with Crippen LogP contribution in [0, 0.1) is 0 Å². The zero-order chi connectivity index (χ0) is 13.6. The van der Waals surface area contributed by atoms with Crippen molar-refractivity contribution in [2.24, 2.45) is 5.73 Å². The van der Waals surface area contributed by atoms with Crippen molar-refractivity contribution in [3.63, 3.8) is 0 Å². The minimum absolute atomic E-state index is 0.00602. The number of ether oxygens (including phenoxy) is 1. The van der Waals surface area contributed by atoms with Gasteiger partial charge >= 0.3 is 12.3 Å². The second-order valence-electron chi connectivity index (χ2n) is 3.59. The summed E-state index contributed by atoms with van der Waals surface area (Å²) < 4.78 is 40.8. The van der Waals surface area contributed by atoms with Gasteiger partial charge in [-0.2, -0.15) is 13.2 Å². The lowest BCUT2D eigenvalue weighted by Gasteiger charge is -2.15. The Bertz CT molecular complexity index is 382. The third-order valence-corrected chi connectivity index (χ3v) is 2.10. The molecule has 100 valence electrons. The van der Waals surface area contributed by atoms with Gasteiger partial charge < -0.3 is 15.8 Å². The predicted octanol–water partition coefficient (Wildman–Crippen LogP) is 1.80. The molecule has 0 fully saturated rings. The fourth-order valence-corrected chi connectivity index (χ4v) is 1.08. The summed E-state index contributed by atoms with van der Waals surface area (Å²) in [5.41, 5.74) is 5.55. The summed E-state index contributed by atoms with van der Waals surface area (Å²) in [6.45, 7) is -0.717. The van der Waals surface area contributed by atoms with E-state index in [9.17, 15) is 18.0 Å². The van der Waals surface area contributed by atoms with Crippen molar-refractivity contribution >= 4 is 6.09 Å². The van der Waals surface area contributed by atoms with Crippen LogP contribution in [0.4, 0.5) is 18.0 Å². The number of rotatable bonds is 4. The molecule has 1 rings (SSSR count). The van der Waals surface area contributed by atoms with Gasteiger partial charge in [0.15, 0.2) is 0 Å². The summed E-state index contributed by atoms with van der Waals surface area (Å²) in [6.07, 6.45) is -5.47. The highest BCUT2D eigenvalue weighted by atomic mass is 19.4. The average molecular weight is 262 g/mol. The topological polar surface area (TPSA) is 64.3 Å². The number of nitrogens with two attached hydrogens (primary N) is 1. The summed E-state index contributed by atoms with van der Waals surface area (Å²) in [7, 11) is 0. The number of carbonyl (C=O) groups excluding carboxylic acids is 1. The van der Waals surface area contributed by atoms with Crippen molar-refractivity contribution in [3.05, 3.63) is 35.9 Å². The number of nitrogens with one attached hydrogen (secondary N) is 1. The average Bonchev–Trinajstić information content (AvgIpc) is 2.33. The van der Waals surface area contributed by atoms with E-state index in [1.807, 2.05) is 5.32 Å². The normalized spacial score (nSPS) is 12.9. The molecule has 4 nitrogen and oxygen atoms in total.